The molecule has 2 rings (SSSR count). The van der Waals surface area contributed by atoms with Crippen LogP contribution in [0.25, 0.3) is 10.8 Å². The van der Waals surface area contributed by atoms with Crippen LogP contribution in [0.15, 0.2) is 36.4 Å². The first-order valence-electron chi connectivity index (χ1n) is 6.30. The molecule has 0 atom stereocenters. The van der Waals surface area contributed by atoms with Gasteiger partial charge in [0.1, 0.15) is 5.75 Å². The molecule has 18 heavy (non-hydrogen) atoms. The molecule has 3 heteroatoms. The minimum atomic E-state index is 0.900. The number of benzene rings is 2. The normalized spacial score (nSPS) is 10.6. The van der Waals surface area contributed by atoms with Crippen LogP contribution >= 0.6 is 0 Å². The molecule has 96 valence electrons. The third kappa shape index (κ3) is 3.14. The molecule has 0 radical (unpaired) electrons. The number of hydrogen-bond acceptors (Lipinski definition) is 3. The highest BCUT2D eigenvalue weighted by Gasteiger charge is 1.98. The fraction of sp³-hybridized carbons (Fsp3) is 0.333. The van der Waals surface area contributed by atoms with Gasteiger partial charge >= 0.3 is 0 Å². The summed E-state index contributed by atoms with van der Waals surface area (Å²) in [6.45, 7) is 2.03. The van der Waals surface area contributed by atoms with E-state index in [2.05, 4.69) is 41.0 Å². The molecule has 0 aliphatic rings. The van der Waals surface area contributed by atoms with Gasteiger partial charge in [0.2, 0.25) is 0 Å². The fourth-order valence-corrected chi connectivity index (χ4v) is 1.96. The summed E-state index contributed by atoms with van der Waals surface area (Å²) >= 11 is 0. The Hall–Kier alpha value is -1.74. The summed E-state index contributed by atoms with van der Waals surface area (Å²) in [5.41, 5.74) is 1.17. The quantitative estimate of drug-likeness (QED) is 0.767. The highest BCUT2D eigenvalue weighted by Crippen LogP contribution is 2.23. The monoisotopic (exact) mass is 244 g/mol. The van der Waals surface area contributed by atoms with Crippen molar-refractivity contribution in [3.8, 4) is 5.75 Å². The zero-order chi connectivity index (χ0) is 12.8. The van der Waals surface area contributed by atoms with E-state index >= 15 is 0 Å². The lowest BCUT2D eigenvalue weighted by molar-refractivity contribution is 0.415. The Morgan fingerprint density at radius 1 is 1.00 bits per heavy atom. The van der Waals surface area contributed by atoms with Gasteiger partial charge in [-0.15, -0.1) is 0 Å². The van der Waals surface area contributed by atoms with Gasteiger partial charge in [0, 0.05) is 12.2 Å². The van der Waals surface area contributed by atoms with E-state index in [0.29, 0.717) is 0 Å². The minimum Gasteiger partial charge on any atom is -0.497 e. The summed E-state index contributed by atoms with van der Waals surface area (Å²) in [6, 6.07) is 12.5. The Kier molecular flexibility index (Phi) is 4.42. The first-order valence-corrected chi connectivity index (χ1v) is 6.30. The van der Waals surface area contributed by atoms with Crippen LogP contribution in [0.1, 0.15) is 6.42 Å². The number of methoxy groups -OCH3 is 1. The maximum atomic E-state index is 5.22. The van der Waals surface area contributed by atoms with Crippen molar-refractivity contribution < 1.29 is 4.74 Å². The molecule has 2 N–H and O–H groups in total. The van der Waals surface area contributed by atoms with Gasteiger partial charge in [-0.2, -0.15) is 0 Å². The van der Waals surface area contributed by atoms with Crippen LogP contribution < -0.4 is 15.4 Å². The molecule has 0 aliphatic heterocycles. The molecular formula is C15H20N2O. The smallest absolute Gasteiger partial charge is 0.119 e. The van der Waals surface area contributed by atoms with Crippen molar-refractivity contribution in [1.29, 1.82) is 0 Å². The van der Waals surface area contributed by atoms with Gasteiger partial charge in [-0.05, 0) is 55.1 Å². The summed E-state index contributed by atoms with van der Waals surface area (Å²) in [5.74, 6) is 0.900. The van der Waals surface area contributed by atoms with Gasteiger partial charge in [-0.25, -0.2) is 0 Å². The van der Waals surface area contributed by atoms with Gasteiger partial charge in [0.05, 0.1) is 7.11 Å². The molecule has 2 aromatic carbocycles. The van der Waals surface area contributed by atoms with E-state index in [0.717, 1.165) is 25.3 Å². The van der Waals surface area contributed by atoms with Gasteiger partial charge in [0.25, 0.3) is 0 Å². The number of rotatable bonds is 6. The van der Waals surface area contributed by atoms with Gasteiger partial charge in [-0.3, -0.25) is 0 Å². The summed E-state index contributed by atoms with van der Waals surface area (Å²) in [7, 11) is 3.67. The number of nitrogens with one attached hydrogen (secondary N) is 2. The highest BCUT2D eigenvalue weighted by molar-refractivity contribution is 5.86. The SMILES string of the molecule is CNCCCNc1ccc2cc(OC)ccc2c1. The Morgan fingerprint density at radius 3 is 2.56 bits per heavy atom. The Bertz CT molecular complexity index is 511. The van der Waals surface area contributed by atoms with E-state index in [1.165, 1.54) is 16.5 Å². The second-order valence-corrected chi connectivity index (χ2v) is 4.31. The lowest BCUT2D eigenvalue weighted by atomic mass is 10.1. The predicted octanol–water partition coefficient (Wildman–Crippen LogP) is 2.87. The van der Waals surface area contributed by atoms with Crippen molar-refractivity contribution >= 4 is 16.5 Å². The van der Waals surface area contributed by atoms with Crippen molar-refractivity contribution in [3.05, 3.63) is 36.4 Å². The maximum Gasteiger partial charge on any atom is 0.119 e. The minimum absolute atomic E-state index is 0.900. The number of hydrogen-bond donors (Lipinski definition) is 2. The number of ether oxygens (including phenoxy) is 1. The Morgan fingerprint density at radius 2 is 1.78 bits per heavy atom. The average Bonchev–Trinajstić information content (AvgIpc) is 2.43. The fourth-order valence-electron chi connectivity index (χ4n) is 1.96. The largest absolute Gasteiger partial charge is 0.497 e. The van der Waals surface area contributed by atoms with Crippen LogP contribution in [0.5, 0.6) is 5.75 Å². The molecule has 0 aromatic heterocycles. The molecule has 0 saturated carbocycles. The van der Waals surface area contributed by atoms with Crippen molar-refractivity contribution in [1.82, 2.24) is 5.32 Å². The Balaban J connectivity index is 2.08. The lowest BCUT2D eigenvalue weighted by Crippen LogP contribution is -2.12. The summed E-state index contributed by atoms with van der Waals surface area (Å²) in [5, 5.41) is 9.01. The van der Waals surface area contributed by atoms with Gasteiger partial charge in [-0.1, -0.05) is 12.1 Å². The molecule has 3 nitrogen and oxygen atoms in total. The molecule has 0 unspecified atom stereocenters. The van der Waals surface area contributed by atoms with E-state index in [1.807, 2.05) is 13.1 Å². The molecule has 0 fully saturated rings. The molecule has 0 spiro atoms. The predicted molar refractivity (Wildman–Crippen MR) is 77.5 cm³/mol. The zero-order valence-corrected chi connectivity index (χ0v) is 11.0. The van der Waals surface area contributed by atoms with Crippen molar-refractivity contribution in [3.63, 3.8) is 0 Å². The summed E-state index contributed by atoms with van der Waals surface area (Å²) < 4.78 is 5.22. The van der Waals surface area contributed by atoms with Crippen LogP contribution in [0.4, 0.5) is 5.69 Å². The van der Waals surface area contributed by atoms with Crippen molar-refractivity contribution in [2.45, 2.75) is 6.42 Å². The van der Waals surface area contributed by atoms with E-state index in [9.17, 15) is 0 Å². The highest BCUT2D eigenvalue weighted by atomic mass is 16.5. The Labute approximate surface area is 108 Å². The standard InChI is InChI=1S/C15H20N2O/c1-16-8-3-9-17-14-6-4-13-11-15(18-2)7-5-12(13)10-14/h4-7,10-11,16-17H,3,8-9H2,1-2H3. The zero-order valence-electron chi connectivity index (χ0n) is 11.0. The second-order valence-electron chi connectivity index (χ2n) is 4.31. The first-order chi connectivity index (χ1) is 8.83. The van der Waals surface area contributed by atoms with Crippen molar-refractivity contribution in [2.24, 2.45) is 0 Å². The van der Waals surface area contributed by atoms with Crippen LogP contribution in [-0.2, 0) is 0 Å². The lowest BCUT2D eigenvalue weighted by Gasteiger charge is -2.08. The van der Waals surface area contributed by atoms with E-state index in [-0.39, 0.29) is 0 Å². The van der Waals surface area contributed by atoms with E-state index < -0.39 is 0 Å². The van der Waals surface area contributed by atoms with Crippen LogP contribution in [-0.4, -0.2) is 27.2 Å². The van der Waals surface area contributed by atoms with Crippen LogP contribution in [0.2, 0.25) is 0 Å². The topological polar surface area (TPSA) is 33.3 Å². The third-order valence-corrected chi connectivity index (χ3v) is 2.98. The molecule has 0 heterocycles. The number of fused-ring (bicyclic) bond motifs is 1. The third-order valence-electron chi connectivity index (χ3n) is 2.98. The molecular weight excluding hydrogens is 224 g/mol. The van der Waals surface area contributed by atoms with Crippen molar-refractivity contribution in [2.75, 3.05) is 32.6 Å². The average molecular weight is 244 g/mol. The summed E-state index contributed by atoms with van der Waals surface area (Å²) in [6.07, 6.45) is 1.12. The van der Waals surface area contributed by atoms with Gasteiger partial charge < -0.3 is 15.4 Å². The van der Waals surface area contributed by atoms with Crippen LogP contribution in [0, 0.1) is 0 Å². The van der Waals surface area contributed by atoms with E-state index in [1.54, 1.807) is 7.11 Å². The second kappa shape index (κ2) is 6.26. The molecule has 0 saturated heterocycles. The van der Waals surface area contributed by atoms with E-state index in [4.69, 9.17) is 4.74 Å². The maximum absolute atomic E-state index is 5.22. The molecule has 0 aliphatic carbocycles. The van der Waals surface area contributed by atoms with Gasteiger partial charge in [0.15, 0.2) is 0 Å². The first kappa shape index (κ1) is 12.7. The number of anilines is 1. The summed E-state index contributed by atoms with van der Waals surface area (Å²) in [4.78, 5) is 0. The molecule has 0 amide bonds. The molecule has 0 bridgehead atoms. The molecule has 2 aromatic rings. The van der Waals surface area contributed by atoms with Crippen LogP contribution in [0.3, 0.4) is 0 Å².